The van der Waals surface area contributed by atoms with Gasteiger partial charge in [-0.05, 0) is 18.6 Å². The minimum atomic E-state index is -0.516. The first-order valence-electron chi connectivity index (χ1n) is 5.95. The zero-order valence-electron chi connectivity index (χ0n) is 10.3. The number of hydrogen-bond donors (Lipinski definition) is 2. The monoisotopic (exact) mass is 262 g/mol. The van der Waals surface area contributed by atoms with Gasteiger partial charge in [-0.2, -0.15) is 4.98 Å². The third kappa shape index (κ3) is 4.09. The standard InChI is InChI=1S/C13H15FN4O/c14-11-9-17-13(15)18-12(11)16-7-4-8-19-10-5-2-1-3-6-10/h1-3,5-6,9H,4,7-8H2,(H3,15,16,17,18). The second-order valence-electron chi connectivity index (χ2n) is 3.87. The van der Waals surface area contributed by atoms with Gasteiger partial charge in [-0.1, -0.05) is 18.2 Å². The predicted molar refractivity (Wildman–Crippen MR) is 71.4 cm³/mol. The zero-order valence-corrected chi connectivity index (χ0v) is 10.3. The van der Waals surface area contributed by atoms with E-state index in [-0.39, 0.29) is 11.8 Å². The fraction of sp³-hybridized carbons (Fsp3) is 0.231. The summed E-state index contributed by atoms with van der Waals surface area (Å²) in [5.74, 6) is 0.467. The fourth-order valence-electron chi connectivity index (χ4n) is 1.49. The SMILES string of the molecule is Nc1ncc(F)c(NCCCOc2ccccc2)n1. The van der Waals surface area contributed by atoms with Crippen molar-refractivity contribution in [1.29, 1.82) is 0 Å². The highest BCUT2D eigenvalue weighted by Gasteiger charge is 2.04. The van der Waals surface area contributed by atoms with Crippen LogP contribution < -0.4 is 15.8 Å². The fourth-order valence-corrected chi connectivity index (χ4v) is 1.49. The molecule has 0 unspecified atom stereocenters. The molecule has 0 fully saturated rings. The summed E-state index contributed by atoms with van der Waals surface area (Å²) in [4.78, 5) is 7.32. The van der Waals surface area contributed by atoms with Crippen LogP contribution in [0, 0.1) is 5.82 Å². The lowest BCUT2D eigenvalue weighted by molar-refractivity contribution is 0.315. The maximum atomic E-state index is 13.3. The molecule has 0 spiro atoms. The number of nitrogens with zero attached hydrogens (tertiary/aromatic N) is 2. The van der Waals surface area contributed by atoms with E-state index < -0.39 is 5.82 Å². The highest BCUT2D eigenvalue weighted by atomic mass is 19.1. The Labute approximate surface area is 110 Å². The summed E-state index contributed by atoms with van der Waals surface area (Å²) >= 11 is 0. The van der Waals surface area contributed by atoms with E-state index >= 15 is 0 Å². The van der Waals surface area contributed by atoms with Gasteiger partial charge in [-0.25, -0.2) is 9.37 Å². The van der Waals surface area contributed by atoms with Crippen LogP contribution in [0.2, 0.25) is 0 Å². The smallest absolute Gasteiger partial charge is 0.222 e. The van der Waals surface area contributed by atoms with Gasteiger partial charge in [-0.3, -0.25) is 0 Å². The molecule has 0 atom stereocenters. The third-order valence-electron chi connectivity index (χ3n) is 2.39. The van der Waals surface area contributed by atoms with Crippen molar-refractivity contribution in [1.82, 2.24) is 9.97 Å². The molecular formula is C13H15FN4O. The number of anilines is 2. The number of nitrogens with one attached hydrogen (secondary N) is 1. The Hall–Kier alpha value is -2.37. The lowest BCUT2D eigenvalue weighted by atomic mass is 10.3. The molecule has 0 aliphatic heterocycles. The van der Waals surface area contributed by atoms with Crippen LogP contribution in [0.15, 0.2) is 36.5 Å². The Morgan fingerprint density at radius 3 is 2.84 bits per heavy atom. The van der Waals surface area contributed by atoms with Crippen molar-refractivity contribution in [3.8, 4) is 5.75 Å². The Morgan fingerprint density at radius 2 is 2.05 bits per heavy atom. The van der Waals surface area contributed by atoms with Gasteiger partial charge in [0.2, 0.25) is 5.95 Å². The first kappa shape index (κ1) is 13.1. The van der Waals surface area contributed by atoms with Crippen LogP contribution in [0.4, 0.5) is 16.2 Å². The van der Waals surface area contributed by atoms with Gasteiger partial charge in [0.15, 0.2) is 11.6 Å². The summed E-state index contributed by atoms with van der Waals surface area (Å²) in [6, 6.07) is 9.52. The molecule has 19 heavy (non-hydrogen) atoms. The van der Waals surface area contributed by atoms with E-state index in [1.165, 1.54) is 0 Å². The number of halogens is 1. The summed E-state index contributed by atoms with van der Waals surface area (Å²) in [5.41, 5.74) is 5.38. The van der Waals surface area contributed by atoms with Crippen LogP contribution in [0.5, 0.6) is 5.75 Å². The molecule has 0 bridgehead atoms. The molecule has 1 aromatic carbocycles. The van der Waals surface area contributed by atoms with Gasteiger partial charge >= 0.3 is 0 Å². The van der Waals surface area contributed by atoms with E-state index in [4.69, 9.17) is 10.5 Å². The van der Waals surface area contributed by atoms with E-state index in [0.717, 1.165) is 18.4 Å². The first-order valence-corrected chi connectivity index (χ1v) is 5.95. The number of hydrogen-bond acceptors (Lipinski definition) is 5. The lowest BCUT2D eigenvalue weighted by Gasteiger charge is -2.08. The second-order valence-corrected chi connectivity index (χ2v) is 3.87. The van der Waals surface area contributed by atoms with Crippen molar-refractivity contribution in [2.24, 2.45) is 0 Å². The molecule has 2 aromatic rings. The number of aromatic nitrogens is 2. The Balaban J connectivity index is 1.71. The molecule has 0 saturated heterocycles. The highest BCUT2D eigenvalue weighted by molar-refractivity contribution is 5.38. The van der Waals surface area contributed by atoms with Crippen LogP contribution in [0.1, 0.15) is 6.42 Å². The minimum absolute atomic E-state index is 0.0458. The maximum absolute atomic E-state index is 13.3. The van der Waals surface area contributed by atoms with E-state index in [1.807, 2.05) is 30.3 Å². The molecule has 1 heterocycles. The molecule has 100 valence electrons. The van der Waals surface area contributed by atoms with Gasteiger partial charge in [0.1, 0.15) is 5.75 Å². The molecule has 0 aliphatic rings. The molecule has 0 amide bonds. The predicted octanol–water partition coefficient (Wildman–Crippen LogP) is 2.08. The van der Waals surface area contributed by atoms with Crippen molar-refractivity contribution in [3.05, 3.63) is 42.3 Å². The van der Waals surface area contributed by atoms with E-state index in [9.17, 15) is 4.39 Å². The topological polar surface area (TPSA) is 73.1 Å². The van der Waals surface area contributed by atoms with Crippen LogP contribution in [0.25, 0.3) is 0 Å². The van der Waals surface area contributed by atoms with Crippen molar-refractivity contribution in [3.63, 3.8) is 0 Å². The van der Waals surface area contributed by atoms with Gasteiger partial charge in [-0.15, -0.1) is 0 Å². The highest BCUT2D eigenvalue weighted by Crippen LogP contribution is 2.11. The third-order valence-corrected chi connectivity index (χ3v) is 2.39. The molecule has 3 N–H and O–H groups in total. The normalized spacial score (nSPS) is 10.2. The van der Waals surface area contributed by atoms with Crippen molar-refractivity contribution in [2.45, 2.75) is 6.42 Å². The number of nitrogens with two attached hydrogens (primary N) is 1. The molecule has 0 radical (unpaired) electrons. The molecular weight excluding hydrogens is 247 g/mol. The van der Waals surface area contributed by atoms with Crippen molar-refractivity contribution in [2.75, 3.05) is 24.2 Å². The average molecular weight is 262 g/mol. The van der Waals surface area contributed by atoms with Crippen molar-refractivity contribution < 1.29 is 9.13 Å². The summed E-state index contributed by atoms with van der Waals surface area (Å²) in [6.07, 6.45) is 1.77. The van der Waals surface area contributed by atoms with Gasteiger partial charge < -0.3 is 15.8 Å². The molecule has 6 heteroatoms. The number of ether oxygens (including phenoxy) is 1. The maximum Gasteiger partial charge on any atom is 0.222 e. The molecule has 1 aromatic heterocycles. The van der Waals surface area contributed by atoms with E-state index in [2.05, 4.69) is 15.3 Å². The average Bonchev–Trinajstić information content (AvgIpc) is 2.43. The summed E-state index contributed by atoms with van der Waals surface area (Å²) in [7, 11) is 0. The number of para-hydroxylation sites is 1. The minimum Gasteiger partial charge on any atom is -0.494 e. The number of rotatable bonds is 6. The van der Waals surface area contributed by atoms with Gasteiger partial charge in [0, 0.05) is 6.54 Å². The van der Waals surface area contributed by atoms with Crippen molar-refractivity contribution >= 4 is 11.8 Å². The van der Waals surface area contributed by atoms with Crippen LogP contribution in [-0.4, -0.2) is 23.1 Å². The number of benzene rings is 1. The van der Waals surface area contributed by atoms with Crippen LogP contribution in [-0.2, 0) is 0 Å². The Morgan fingerprint density at radius 1 is 1.26 bits per heavy atom. The van der Waals surface area contributed by atoms with E-state index in [0.29, 0.717) is 13.2 Å². The second kappa shape index (κ2) is 6.53. The molecule has 0 saturated carbocycles. The molecule has 5 nitrogen and oxygen atoms in total. The van der Waals surface area contributed by atoms with Crippen LogP contribution >= 0.6 is 0 Å². The molecule has 2 rings (SSSR count). The first-order chi connectivity index (χ1) is 9.25. The lowest BCUT2D eigenvalue weighted by Crippen LogP contribution is -2.10. The zero-order chi connectivity index (χ0) is 13.5. The largest absolute Gasteiger partial charge is 0.494 e. The van der Waals surface area contributed by atoms with Gasteiger partial charge in [0.05, 0.1) is 12.8 Å². The quantitative estimate of drug-likeness (QED) is 0.780. The number of nitrogen functional groups attached to an aromatic ring is 1. The Kier molecular flexibility index (Phi) is 4.49. The summed E-state index contributed by atoms with van der Waals surface area (Å²) in [5, 5.41) is 2.85. The van der Waals surface area contributed by atoms with Crippen LogP contribution in [0.3, 0.4) is 0 Å². The van der Waals surface area contributed by atoms with E-state index in [1.54, 1.807) is 0 Å². The Bertz CT molecular complexity index is 521. The summed E-state index contributed by atoms with van der Waals surface area (Å²) in [6.45, 7) is 1.08. The molecule has 0 aliphatic carbocycles. The summed E-state index contributed by atoms with van der Waals surface area (Å²) < 4.78 is 18.8. The van der Waals surface area contributed by atoms with Gasteiger partial charge in [0.25, 0.3) is 0 Å².